The van der Waals surface area contributed by atoms with Crippen LogP contribution in [0.15, 0.2) is 41.8 Å². The number of aryl methyl sites for hydroxylation is 1. The minimum absolute atomic E-state index is 0.102. The molecule has 140 valence electrons. The summed E-state index contributed by atoms with van der Waals surface area (Å²) in [4.78, 5) is 15.9. The lowest BCUT2D eigenvalue weighted by Gasteiger charge is -2.35. The summed E-state index contributed by atoms with van der Waals surface area (Å²) in [5.74, 6) is 0.944. The van der Waals surface area contributed by atoms with Crippen molar-refractivity contribution in [2.45, 2.75) is 18.9 Å². The molecular formula is C20H26N2O3S. The van der Waals surface area contributed by atoms with E-state index in [1.165, 1.54) is 10.4 Å². The van der Waals surface area contributed by atoms with Crippen LogP contribution in [0.3, 0.4) is 0 Å². The highest BCUT2D eigenvalue weighted by Crippen LogP contribution is 2.23. The molecule has 2 aromatic rings. The number of nitrogens with one attached hydrogen (secondary N) is 1. The molecule has 1 saturated heterocycles. The minimum Gasteiger partial charge on any atom is -0.497 e. The number of methoxy groups -OCH3 is 1. The molecule has 1 N–H and O–H groups in total. The molecular weight excluding hydrogens is 348 g/mol. The van der Waals surface area contributed by atoms with Crippen LogP contribution in [-0.2, 0) is 16.0 Å². The van der Waals surface area contributed by atoms with Gasteiger partial charge in [0.2, 0.25) is 5.91 Å². The molecule has 0 bridgehead atoms. The number of rotatable bonds is 8. The van der Waals surface area contributed by atoms with Crippen LogP contribution >= 0.6 is 11.3 Å². The third-order valence-corrected chi connectivity index (χ3v) is 5.59. The van der Waals surface area contributed by atoms with Gasteiger partial charge in [0.1, 0.15) is 5.75 Å². The highest BCUT2D eigenvalue weighted by Gasteiger charge is 2.23. The van der Waals surface area contributed by atoms with Crippen molar-refractivity contribution < 1.29 is 14.3 Å². The predicted molar refractivity (Wildman–Crippen MR) is 104 cm³/mol. The first-order valence-corrected chi connectivity index (χ1v) is 9.89. The fourth-order valence-electron chi connectivity index (χ4n) is 3.16. The summed E-state index contributed by atoms with van der Waals surface area (Å²) in [7, 11) is 1.67. The number of amides is 1. The first kappa shape index (κ1) is 18.9. The topological polar surface area (TPSA) is 50.8 Å². The Morgan fingerprint density at radius 2 is 2.04 bits per heavy atom. The van der Waals surface area contributed by atoms with Gasteiger partial charge in [0.15, 0.2) is 0 Å². The number of carbonyl (C=O) groups is 1. The summed E-state index contributed by atoms with van der Waals surface area (Å²) in [6, 6.07) is 12.4. The number of hydrogen-bond donors (Lipinski definition) is 1. The van der Waals surface area contributed by atoms with Crippen LogP contribution in [0.1, 0.15) is 22.9 Å². The van der Waals surface area contributed by atoms with Gasteiger partial charge in [-0.15, -0.1) is 11.3 Å². The summed E-state index contributed by atoms with van der Waals surface area (Å²) in [5, 5.41) is 5.17. The van der Waals surface area contributed by atoms with Crippen molar-refractivity contribution in [1.29, 1.82) is 0 Å². The lowest BCUT2D eigenvalue weighted by molar-refractivity contribution is -0.121. The molecule has 0 radical (unpaired) electrons. The molecule has 5 nitrogen and oxygen atoms in total. The maximum absolute atomic E-state index is 12.3. The van der Waals surface area contributed by atoms with Crippen LogP contribution in [0.25, 0.3) is 0 Å². The molecule has 0 saturated carbocycles. The monoisotopic (exact) mass is 374 g/mol. The van der Waals surface area contributed by atoms with Crippen molar-refractivity contribution in [3.8, 4) is 5.75 Å². The van der Waals surface area contributed by atoms with E-state index in [9.17, 15) is 4.79 Å². The molecule has 1 aromatic carbocycles. The molecule has 1 aliphatic heterocycles. The molecule has 3 rings (SSSR count). The molecule has 0 aliphatic carbocycles. The molecule has 1 amide bonds. The molecule has 1 aromatic heterocycles. The quantitative estimate of drug-likeness (QED) is 0.772. The van der Waals surface area contributed by atoms with Crippen LogP contribution < -0.4 is 10.1 Å². The lowest BCUT2D eigenvalue weighted by Crippen LogP contribution is -2.43. The molecule has 0 spiro atoms. The van der Waals surface area contributed by atoms with Crippen molar-refractivity contribution in [1.82, 2.24) is 10.2 Å². The maximum Gasteiger partial charge on any atom is 0.220 e. The van der Waals surface area contributed by atoms with E-state index >= 15 is 0 Å². The number of nitrogens with zero attached hydrogens (tertiary/aromatic N) is 1. The third-order valence-electron chi connectivity index (χ3n) is 4.66. The molecule has 0 unspecified atom stereocenters. The largest absolute Gasteiger partial charge is 0.497 e. The normalized spacial score (nSPS) is 16.2. The Kier molecular flexibility index (Phi) is 7.05. The standard InChI is InChI=1S/C20H26N2O3S/c1-24-17-6-4-16(5-7-17)19(22-10-12-25-13-11-22)15-21-20(23)9-8-18-3-2-14-26-18/h2-7,14,19H,8-13,15H2,1H3,(H,21,23)/t19-/m1/s1. The van der Waals surface area contributed by atoms with Gasteiger partial charge in [0, 0.05) is 30.9 Å². The van der Waals surface area contributed by atoms with Crippen LogP contribution in [0, 0.1) is 0 Å². The first-order chi connectivity index (χ1) is 12.8. The second-order valence-electron chi connectivity index (χ2n) is 6.32. The van der Waals surface area contributed by atoms with Gasteiger partial charge in [-0.1, -0.05) is 18.2 Å². The average molecular weight is 375 g/mol. The Labute approximate surface area is 158 Å². The highest BCUT2D eigenvalue weighted by molar-refractivity contribution is 7.09. The van der Waals surface area contributed by atoms with E-state index in [4.69, 9.17) is 9.47 Å². The highest BCUT2D eigenvalue weighted by atomic mass is 32.1. The van der Waals surface area contributed by atoms with E-state index in [-0.39, 0.29) is 11.9 Å². The van der Waals surface area contributed by atoms with E-state index in [0.717, 1.165) is 38.5 Å². The number of thiophene rings is 1. The molecule has 26 heavy (non-hydrogen) atoms. The minimum atomic E-state index is 0.102. The third kappa shape index (κ3) is 5.30. The van der Waals surface area contributed by atoms with Gasteiger partial charge in [-0.2, -0.15) is 0 Å². The molecule has 6 heteroatoms. The van der Waals surface area contributed by atoms with Gasteiger partial charge in [-0.25, -0.2) is 0 Å². The summed E-state index contributed by atoms with van der Waals surface area (Å²) in [5.41, 5.74) is 1.19. The van der Waals surface area contributed by atoms with E-state index < -0.39 is 0 Å². The number of carbonyl (C=O) groups excluding carboxylic acids is 1. The van der Waals surface area contributed by atoms with Gasteiger partial charge in [0.25, 0.3) is 0 Å². The number of benzene rings is 1. The van der Waals surface area contributed by atoms with Gasteiger partial charge >= 0.3 is 0 Å². The molecule has 2 heterocycles. The molecule has 1 atom stereocenters. The van der Waals surface area contributed by atoms with Crippen LogP contribution in [-0.4, -0.2) is 50.8 Å². The zero-order valence-electron chi connectivity index (χ0n) is 15.1. The Bertz CT molecular complexity index is 667. The Balaban J connectivity index is 1.59. The number of hydrogen-bond acceptors (Lipinski definition) is 5. The van der Waals surface area contributed by atoms with E-state index in [1.54, 1.807) is 18.4 Å². The van der Waals surface area contributed by atoms with Gasteiger partial charge in [-0.05, 0) is 35.6 Å². The SMILES string of the molecule is COc1ccc([C@@H](CNC(=O)CCc2cccs2)N2CCOCC2)cc1. The number of ether oxygens (including phenoxy) is 2. The van der Waals surface area contributed by atoms with Crippen molar-refractivity contribution >= 4 is 17.2 Å². The Morgan fingerprint density at radius 1 is 1.27 bits per heavy atom. The fourth-order valence-corrected chi connectivity index (χ4v) is 3.87. The predicted octanol–water partition coefficient (Wildman–Crippen LogP) is 2.88. The second kappa shape index (κ2) is 9.71. The van der Waals surface area contributed by atoms with Crippen LogP contribution in [0.2, 0.25) is 0 Å². The Morgan fingerprint density at radius 3 is 2.69 bits per heavy atom. The van der Waals surface area contributed by atoms with Gasteiger partial charge < -0.3 is 14.8 Å². The van der Waals surface area contributed by atoms with Crippen molar-refractivity contribution in [2.24, 2.45) is 0 Å². The zero-order valence-corrected chi connectivity index (χ0v) is 16.0. The first-order valence-electron chi connectivity index (χ1n) is 9.01. The van der Waals surface area contributed by atoms with Crippen LogP contribution in [0.5, 0.6) is 5.75 Å². The summed E-state index contributed by atoms with van der Waals surface area (Å²) in [6.07, 6.45) is 1.33. The van der Waals surface area contributed by atoms with E-state index in [2.05, 4.69) is 28.4 Å². The summed E-state index contributed by atoms with van der Waals surface area (Å²) in [6.45, 7) is 3.83. The van der Waals surface area contributed by atoms with Gasteiger partial charge in [-0.3, -0.25) is 9.69 Å². The summed E-state index contributed by atoms with van der Waals surface area (Å²) >= 11 is 1.70. The summed E-state index contributed by atoms with van der Waals surface area (Å²) < 4.78 is 10.7. The van der Waals surface area contributed by atoms with Crippen molar-refractivity contribution in [2.75, 3.05) is 40.0 Å². The smallest absolute Gasteiger partial charge is 0.220 e. The van der Waals surface area contributed by atoms with E-state index in [1.807, 2.05) is 23.6 Å². The fraction of sp³-hybridized carbons (Fsp3) is 0.450. The lowest BCUT2D eigenvalue weighted by atomic mass is 10.0. The average Bonchev–Trinajstić information content (AvgIpc) is 3.21. The zero-order chi connectivity index (χ0) is 18.2. The van der Waals surface area contributed by atoms with Crippen molar-refractivity contribution in [3.05, 3.63) is 52.2 Å². The molecule has 1 aliphatic rings. The molecule has 1 fully saturated rings. The van der Waals surface area contributed by atoms with Gasteiger partial charge in [0.05, 0.1) is 26.4 Å². The van der Waals surface area contributed by atoms with Crippen LogP contribution in [0.4, 0.5) is 0 Å². The van der Waals surface area contributed by atoms with Crippen molar-refractivity contribution in [3.63, 3.8) is 0 Å². The maximum atomic E-state index is 12.3. The number of morpholine rings is 1. The Hall–Kier alpha value is -1.89. The van der Waals surface area contributed by atoms with E-state index in [0.29, 0.717) is 13.0 Å². The second-order valence-corrected chi connectivity index (χ2v) is 7.35.